The van der Waals surface area contributed by atoms with Crippen molar-refractivity contribution in [2.24, 2.45) is 11.7 Å². The fourth-order valence-electron chi connectivity index (χ4n) is 3.44. The second kappa shape index (κ2) is 14.2. The Morgan fingerprint density at radius 1 is 0.784 bits per heavy atom. The number of rotatable bonds is 13. The molecule has 37 heavy (non-hydrogen) atoms. The fraction of sp³-hybridized carbons (Fsp3) is 0.385. The molecule has 0 aliphatic rings. The van der Waals surface area contributed by atoms with E-state index in [9.17, 15) is 29.4 Å². The van der Waals surface area contributed by atoms with Crippen LogP contribution in [0.5, 0.6) is 5.75 Å². The summed E-state index contributed by atoms with van der Waals surface area (Å²) in [4.78, 5) is 50.6. The number of carbonyl (C=O) groups is 4. The van der Waals surface area contributed by atoms with Crippen molar-refractivity contribution in [1.29, 1.82) is 0 Å². The van der Waals surface area contributed by atoms with E-state index in [1.54, 1.807) is 56.3 Å². The zero-order valence-corrected chi connectivity index (χ0v) is 21.7. The maximum atomic E-state index is 13.4. The summed E-state index contributed by atoms with van der Waals surface area (Å²) in [5, 5.41) is 26.6. The predicted octanol–water partition coefficient (Wildman–Crippen LogP) is 0.630. The number of aromatic hydroxyl groups is 1. The highest BCUT2D eigenvalue weighted by Crippen LogP contribution is 2.13. The van der Waals surface area contributed by atoms with Gasteiger partial charge in [-0.25, -0.2) is 4.79 Å². The maximum absolute atomic E-state index is 13.4. The summed E-state index contributed by atoms with van der Waals surface area (Å²) in [6.45, 7) is 3.56. The third-order valence-electron chi connectivity index (χ3n) is 5.74. The first kappa shape index (κ1) is 29.7. The molecule has 2 aromatic rings. The molecule has 3 amide bonds. The number of carboxylic acids is 1. The van der Waals surface area contributed by atoms with Crippen LogP contribution in [0, 0.1) is 5.92 Å². The first-order chi connectivity index (χ1) is 17.5. The van der Waals surface area contributed by atoms with E-state index in [0.29, 0.717) is 5.56 Å². The summed E-state index contributed by atoms with van der Waals surface area (Å²) in [6.07, 6.45) is 0.152. The number of nitrogens with one attached hydrogen (secondary N) is 3. The smallest absolute Gasteiger partial charge is 0.327 e. The Morgan fingerprint density at radius 2 is 1.24 bits per heavy atom. The van der Waals surface area contributed by atoms with Gasteiger partial charge in [0.25, 0.3) is 0 Å². The molecule has 2 rings (SSSR count). The summed E-state index contributed by atoms with van der Waals surface area (Å²) in [5.74, 6) is -3.40. The molecule has 7 N–H and O–H groups in total. The molecule has 2 aromatic carbocycles. The fourth-order valence-corrected chi connectivity index (χ4v) is 3.68. The predicted molar refractivity (Wildman–Crippen MR) is 142 cm³/mol. The van der Waals surface area contributed by atoms with Crippen molar-refractivity contribution in [2.45, 2.75) is 50.9 Å². The zero-order chi connectivity index (χ0) is 27.5. The van der Waals surface area contributed by atoms with Gasteiger partial charge in [-0.1, -0.05) is 56.3 Å². The van der Waals surface area contributed by atoms with Crippen molar-refractivity contribution in [2.75, 3.05) is 5.75 Å². The molecule has 0 spiro atoms. The summed E-state index contributed by atoms with van der Waals surface area (Å²) < 4.78 is 0. The molecule has 200 valence electrons. The molecule has 0 heterocycles. The van der Waals surface area contributed by atoms with Crippen molar-refractivity contribution in [3.8, 4) is 5.75 Å². The van der Waals surface area contributed by atoms with E-state index >= 15 is 0 Å². The number of carbonyl (C=O) groups excluding carboxylic acids is 3. The highest BCUT2D eigenvalue weighted by atomic mass is 32.1. The van der Waals surface area contributed by atoms with E-state index in [4.69, 9.17) is 5.73 Å². The Balaban J connectivity index is 2.30. The molecule has 4 unspecified atom stereocenters. The van der Waals surface area contributed by atoms with Gasteiger partial charge in [0.15, 0.2) is 0 Å². The molecule has 10 nitrogen and oxygen atoms in total. The summed E-state index contributed by atoms with van der Waals surface area (Å²) in [6, 6.07) is 10.7. The van der Waals surface area contributed by atoms with Crippen LogP contribution >= 0.6 is 12.6 Å². The molecule has 0 aromatic heterocycles. The van der Waals surface area contributed by atoms with Crippen LogP contribution in [0.2, 0.25) is 0 Å². The van der Waals surface area contributed by atoms with Crippen molar-refractivity contribution in [1.82, 2.24) is 16.0 Å². The van der Waals surface area contributed by atoms with E-state index < -0.39 is 47.9 Å². The van der Waals surface area contributed by atoms with Crippen LogP contribution in [-0.4, -0.2) is 63.8 Å². The van der Waals surface area contributed by atoms with Crippen molar-refractivity contribution < 1.29 is 29.4 Å². The number of hydrogen-bond acceptors (Lipinski definition) is 7. The van der Waals surface area contributed by atoms with Crippen LogP contribution in [0.3, 0.4) is 0 Å². The monoisotopic (exact) mass is 530 g/mol. The van der Waals surface area contributed by atoms with Gasteiger partial charge in [-0.3, -0.25) is 14.4 Å². The maximum Gasteiger partial charge on any atom is 0.327 e. The van der Waals surface area contributed by atoms with Crippen LogP contribution in [0.1, 0.15) is 25.0 Å². The lowest BCUT2D eigenvalue weighted by Gasteiger charge is -2.26. The molecule has 4 atom stereocenters. The Morgan fingerprint density at radius 3 is 1.70 bits per heavy atom. The molecular weight excluding hydrogens is 496 g/mol. The number of hydrogen-bond donors (Lipinski definition) is 7. The van der Waals surface area contributed by atoms with Gasteiger partial charge in [-0.05, 0) is 29.2 Å². The molecule has 0 aliphatic carbocycles. The van der Waals surface area contributed by atoms with Gasteiger partial charge in [0, 0.05) is 18.6 Å². The summed E-state index contributed by atoms with van der Waals surface area (Å²) >= 11 is 3.98. The SMILES string of the molecule is CC(C)C(N)C(=O)NC(Cc1ccc(O)cc1)C(=O)NC(Cc1ccccc1)C(=O)NC(CS)C(=O)O. The Bertz CT molecular complexity index is 1060. The van der Waals surface area contributed by atoms with Crippen LogP contribution in [0.15, 0.2) is 54.6 Å². The molecule has 0 bridgehead atoms. The molecule has 0 saturated heterocycles. The topological polar surface area (TPSA) is 171 Å². The molecule has 0 fully saturated rings. The number of amides is 3. The summed E-state index contributed by atoms with van der Waals surface area (Å²) in [5.41, 5.74) is 7.36. The van der Waals surface area contributed by atoms with E-state index in [-0.39, 0.29) is 30.3 Å². The second-order valence-corrected chi connectivity index (χ2v) is 9.40. The standard InChI is InChI=1S/C26H34N4O6S/c1-15(2)22(27)25(34)29-20(13-17-8-10-18(31)11-9-17)23(32)28-19(12-16-6-4-3-5-7-16)24(33)30-21(14-37)26(35)36/h3-11,15,19-22,31,37H,12-14,27H2,1-2H3,(H,28,32)(H,29,34)(H,30,33)(H,35,36). The first-order valence-electron chi connectivity index (χ1n) is 11.8. The third kappa shape index (κ3) is 9.43. The number of thiol groups is 1. The van der Waals surface area contributed by atoms with E-state index in [1.807, 2.05) is 0 Å². The highest BCUT2D eigenvalue weighted by Gasteiger charge is 2.31. The minimum Gasteiger partial charge on any atom is -0.508 e. The minimum absolute atomic E-state index is 0.0485. The lowest BCUT2D eigenvalue weighted by molar-refractivity contribution is -0.141. The number of aliphatic carboxylic acids is 1. The molecule has 0 aliphatic heterocycles. The van der Waals surface area contributed by atoms with Crippen LogP contribution in [0.4, 0.5) is 0 Å². The van der Waals surface area contributed by atoms with Gasteiger partial charge in [0.1, 0.15) is 23.9 Å². The lowest BCUT2D eigenvalue weighted by atomic mass is 10.0. The number of benzene rings is 2. The average molecular weight is 531 g/mol. The normalized spacial score (nSPS) is 14.2. The van der Waals surface area contributed by atoms with Gasteiger partial charge in [-0.2, -0.15) is 12.6 Å². The first-order valence-corrected chi connectivity index (χ1v) is 12.5. The minimum atomic E-state index is -1.26. The van der Waals surface area contributed by atoms with E-state index in [0.717, 1.165) is 5.56 Å². The van der Waals surface area contributed by atoms with Gasteiger partial charge in [-0.15, -0.1) is 0 Å². The highest BCUT2D eigenvalue weighted by molar-refractivity contribution is 7.80. The Labute approximate surface area is 221 Å². The quantitative estimate of drug-likeness (QED) is 0.186. The number of phenols is 1. The number of phenolic OH excluding ortho intramolecular Hbond substituents is 1. The second-order valence-electron chi connectivity index (χ2n) is 9.03. The number of nitrogens with two attached hydrogens (primary N) is 1. The zero-order valence-electron chi connectivity index (χ0n) is 20.8. The molecule has 11 heteroatoms. The van der Waals surface area contributed by atoms with Crippen LogP contribution in [-0.2, 0) is 32.0 Å². The van der Waals surface area contributed by atoms with Gasteiger partial charge in [0.2, 0.25) is 17.7 Å². The molecule has 0 saturated carbocycles. The average Bonchev–Trinajstić information content (AvgIpc) is 2.87. The van der Waals surface area contributed by atoms with E-state index in [1.165, 1.54) is 12.1 Å². The molecular formula is C26H34N4O6S. The van der Waals surface area contributed by atoms with Crippen molar-refractivity contribution in [3.05, 3.63) is 65.7 Å². The van der Waals surface area contributed by atoms with Crippen molar-refractivity contribution >= 4 is 36.3 Å². The largest absolute Gasteiger partial charge is 0.508 e. The number of carboxylic acid groups (broad SMARTS) is 1. The van der Waals surface area contributed by atoms with Crippen LogP contribution < -0.4 is 21.7 Å². The van der Waals surface area contributed by atoms with Crippen LogP contribution in [0.25, 0.3) is 0 Å². The lowest BCUT2D eigenvalue weighted by Crippen LogP contribution is -2.58. The third-order valence-corrected chi connectivity index (χ3v) is 6.11. The Kier molecular flexibility index (Phi) is 11.4. The van der Waals surface area contributed by atoms with Gasteiger partial charge >= 0.3 is 5.97 Å². The van der Waals surface area contributed by atoms with E-state index in [2.05, 4.69) is 28.6 Å². The molecule has 0 radical (unpaired) electrons. The van der Waals surface area contributed by atoms with Crippen molar-refractivity contribution in [3.63, 3.8) is 0 Å². The summed E-state index contributed by atoms with van der Waals surface area (Å²) in [7, 11) is 0. The van der Waals surface area contributed by atoms with Gasteiger partial charge in [0.05, 0.1) is 6.04 Å². The Hall–Kier alpha value is -3.57. The van der Waals surface area contributed by atoms with Gasteiger partial charge < -0.3 is 31.9 Å².